The van der Waals surface area contributed by atoms with Crippen molar-refractivity contribution < 1.29 is 4.79 Å². The number of carbonyl (C=O) groups excluding carboxylic acids is 1. The average molecular weight is 286 g/mol. The minimum Gasteiger partial charge on any atom is -0.329 e. The first kappa shape index (κ1) is 15.5. The van der Waals surface area contributed by atoms with E-state index in [9.17, 15) is 4.79 Å². The summed E-state index contributed by atoms with van der Waals surface area (Å²) in [6.45, 7) is 4.08. The molecule has 1 heterocycles. The molecule has 2 unspecified atom stereocenters. The zero-order valence-corrected chi connectivity index (χ0v) is 12.4. The van der Waals surface area contributed by atoms with Crippen molar-refractivity contribution in [1.29, 1.82) is 5.26 Å². The molecule has 1 saturated heterocycles. The molecule has 2 rings (SSSR count). The molecule has 0 saturated carbocycles. The van der Waals surface area contributed by atoms with Gasteiger partial charge in [0.15, 0.2) is 0 Å². The molecule has 1 aromatic carbocycles. The van der Waals surface area contributed by atoms with Crippen molar-refractivity contribution in [3.05, 3.63) is 29.8 Å². The summed E-state index contributed by atoms with van der Waals surface area (Å²) in [5, 5.41) is 11.6. The molecule has 0 bridgehead atoms. The highest BCUT2D eigenvalue weighted by Gasteiger charge is 2.28. The maximum Gasteiger partial charge on any atom is 0.238 e. The van der Waals surface area contributed by atoms with E-state index in [2.05, 4.69) is 23.2 Å². The number of anilines is 1. The molecule has 5 nitrogen and oxygen atoms in total. The van der Waals surface area contributed by atoms with Crippen LogP contribution in [-0.2, 0) is 4.79 Å². The Kier molecular flexibility index (Phi) is 5.32. The predicted octanol–water partition coefficient (Wildman–Crippen LogP) is 1.56. The summed E-state index contributed by atoms with van der Waals surface area (Å²) in [5.74, 6) is 0.499. The van der Waals surface area contributed by atoms with Crippen molar-refractivity contribution in [3.8, 4) is 6.07 Å². The third-order valence-electron chi connectivity index (χ3n) is 4.12. The van der Waals surface area contributed by atoms with Crippen LogP contribution in [0.25, 0.3) is 0 Å². The number of rotatable bonds is 4. The number of hydrogen-bond donors (Lipinski definition) is 2. The lowest BCUT2D eigenvalue weighted by Crippen LogP contribution is -2.51. The first-order valence-electron chi connectivity index (χ1n) is 7.38. The van der Waals surface area contributed by atoms with E-state index in [1.807, 2.05) is 0 Å². The van der Waals surface area contributed by atoms with Gasteiger partial charge in [-0.1, -0.05) is 6.92 Å². The van der Waals surface area contributed by atoms with E-state index in [0.717, 1.165) is 13.0 Å². The third-order valence-corrected chi connectivity index (χ3v) is 4.12. The Morgan fingerprint density at radius 1 is 1.48 bits per heavy atom. The SMILES string of the molecule is CC1CCCN(CC(=O)Nc2ccc(C#N)cc2)C1CN. The largest absolute Gasteiger partial charge is 0.329 e. The normalized spacial score (nSPS) is 22.5. The Balaban J connectivity index is 1.92. The van der Waals surface area contributed by atoms with E-state index in [1.54, 1.807) is 24.3 Å². The number of piperidine rings is 1. The van der Waals surface area contributed by atoms with Gasteiger partial charge in [-0.3, -0.25) is 9.69 Å². The monoisotopic (exact) mass is 286 g/mol. The Morgan fingerprint density at radius 2 is 2.19 bits per heavy atom. The lowest BCUT2D eigenvalue weighted by molar-refractivity contribution is -0.118. The summed E-state index contributed by atoms with van der Waals surface area (Å²) in [6.07, 6.45) is 2.29. The molecule has 5 heteroatoms. The van der Waals surface area contributed by atoms with Crippen LogP contribution in [0, 0.1) is 17.2 Å². The number of amides is 1. The summed E-state index contributed by atoms with van der Waals surface area (Å²) >= 11 is 0. The second-order valence-electron chi connectivity index (χ2n) is 5.63. The maximum absolute atomic E-state index is 12.1. The fraction of sp³-hybridized carbons (Fsp3) is 0.500. The van der Waals surface area contributed by atoms with Crippen LogP contribution in [0.1, 0.15) is 25.3 Å². The lowest BCUT2D eigenvalue weighted by atomic mass is 9.91. The van der Waals surface area contributed by atoms with E-state index in [0.29, 0.717) is 30.3 Å². The molecule has 0 radical (unpaired) electrons. The fourth-order valence-electron chi connectivity index (χ4n) is 2.93. The van der Waals surface area contributed by atoms with Gasteiger partial charge in [0.2, 0.25) is 5.91 Å². The number of nitrogens with one attached hydrogen (secondary N) is 1. The molecule has 21 heavy (non-hydrogen) atoms. The summed E-state index contributed by atoms with van der Waals surface area (Å²) in [5.41, 5.74) is 7.14. The van der Waals surface area contributed by atoms with Gasteiger partial charge in [0.1, 0.15) is 0 Å². The van der Waals surface area contributed by atoms with Crippen LogP contribution >= 0.6 is 0 Å². The van der Waals surface area contributed by atoms with Gasteiger partial charge in [0.05, 0.1) is 18.2 Å². The highest BCUT2D eigenvalue weighted by molar-refractivity contribution is 5.92. The minimum atomic E-state index is -0.0349. The molecule has 1 fully saturated rings. The molecule has 2 atom stereocenters. The smallest absolute Gasteiger partial charge is 0.238 e. The van der Waals surface area contributed by atoms with Crippen molar-refractivity contribution in [2.45, 2.75) is 25.8 Å². The Labute approximate surface area is 125 Å². The summed E-state index contributed by atoms with van der Waals surface area (Å²) in [4.78, 5) is 14.3. The lowest BCUT2D eigenvalue weighted by Gasteiger charge is -2.38. The molecule has 0 spiro atoms. The quantitative estimate of drug-likeness (QED) is 0.880. The van der Waals surface area contributed by atoms with Crippen LogP contribution in [0.4, 0.5) is 5.69 Å². The number of nitrogens with zero attached hydrogens (tertiary/aromatic N) is 2. The molecule has 1 amide bonds. The van der Waals surface area contributed by atoms with E-state index in [-0.39, 0.29) is 11.9 Å². The van der Waals surface area contributed by atoms with Gasteiger partial charge in [0.25, 0.3) is 0 Å². The Bertz CT molecular complexity index is 520. The fourth-order valence-corrected chi connectivity index (χ4v) is 2.93. The van der Waals surface area contributed by atoms with Crippen molar-refractivity contribution >= 4 is 11.6 Å². The molecular weight excluding hydrogens is 264 g/mol. The van der Waals surface area contributed by atoms with Crippen molar-refractivity contribution in [2.75, 3.05) is 25.0 Å². The average Bonchev–Trinajstić information content (AvgIpc) is 2.48. The molecule has 1 aromatic rings. The molecule has 1 aliphatic heterocycles. The predicted molar refractivity (Wildman–Crippen MR) is 82.6 cm³/mol. The first-order chi connectivity index (χ1) is 10.1. The molecule has 0 aliphatic carbocycles. The zero-order valence-electron chi connectivity index (χ0n) is 12.4. The van der Waals surface area contributed by atoms with Crippen molar-refractivity contribution in [3.63, 3.8) is 0 Å². The van der Waals surface area contributed by atoms with E-state index in [1.165, 1.54) is 6.42 Å². The van der Waals surface area contributed by atoms with Gasteiger partial charge in [-0.25, -0.2) is 0 Å². The zero-order chi connectivity index (χ0) is 15.2. The summed E-state index contributed by atoms with van der Waals surface area (Å²) in [7, 11) is 0. The van der Waals surface area contributed by atoms with Crippen molar-refractivity contribution in [2.24, 2.45) is 11.7 Å². The van der Waals surface area contributed by atoms with Crippen LogP contribution in [0.5, 0.6) is 0 Å². The highest BCUT2D eigenvalue weighted by atomic mass is 16.2. The van der Waals surface area contributed by atoms with Gasteiger partial charge in [-0.2, -0.15) is 5.26 Å². The van der Waals surface area contributed by atoms with Gasteiger partial charge in [-0.15, -0.1) is 0 Å². The molecule has 0 aromatic heterocycles. The number of likely N-dealkylation sites (tertiary alicyclic amines) is 1. The number of nitrogens with two attached hydrogens (primary N) is 1. The topological polar surface area (TPSA) is 82.2 Å². The molecule has 112 valence electrons. The number of benzene rings is 1. The van der Waals surface area contributed by atoms with Crippen LogP contribution in [0.15, 0.2) is 24.3 Å². The van der Waals surface area contributed by atoms with Crippen LogP contribution in [0.3, 0.4) is 0 Å². The van der Waals surface area contributed by atoms with Crippen LogP contribution in [-0.4, -0.2) is 36.5 Å². The van der Waals surface area contributed by atoms with Crippen LogP contribution in [0.2, 0.25) is 0 Å². The minimum absolute atomic E-state index is 0.0349. The number of hydrogen-bond acceptors (Lipinski definition) is 4. The van der Waals surface area contributed by atoms with E-state index >= 15 is 0 Å². The summed E-state index contributed by atoms with van der Waals surface area (Å²) < 4.78 is 0. The number of nitriles is 1. The van der Waals surface area contributed by atoms with E-state index in [4.69, 9.17) is 11.0 Å². The van der Waals surface area contributed by atoms with Gasteiger partial charge < -0.3 is 11.1 Å². The van der Waals surface area contributed by atoms with Gasteiger partial charge >= 0.3 is 0 Å². The first-order valence-corrected chi connectivity index (χ1v) is 7.38. The van der Waals surface area contributed by atoms with Crippen LogP contribution < -0.4 is 11.1 Å². The molecule has 3 N–H and O–H groups in total. The molecular formula is C16H22N4O. The highest BCUT2D eigenvalue weighted by Crippen LogP contribution is 2.22. The van der Waals surface area contributed by atoms with Gasteiger partial charge in [0, 0.05) is 18.3 Å². The second kappa shape index (κ2) is 7.21. The number of carbonyl (C=O) groups is 1. The summed E-state index contributed by atoms with van der Waals surface area (Å²) in [6, 6.07) is 9.22. The third kappa shape index (κ3) is 4.03. The Hall–Kier alpha value is -1.90. The van der Waals surface area contributed by atoms with Gasteiger partial charge in [-0.05, 0) is 49.6 Å². The molecule has 1 aliphatic rings. The second-order valence-corrected chi connectivity index (χ2v) is 5.63. The maximum atomic E-state index is 12.1. The Morgan fingerprint density at radius 3 is 2.81 bits per heavy atom. The van der Waals surface area contributed by atoms with E-state index < -0.39 is 0 Å². The standard InChI is InChI=1S/C16H22N4O/c1-12-3-2-8-20(15(12)10-18)11-16(21)19-14-6-4-13(9-17)5-7-14/h4-7,12,15H,2-3,8,10-11,18H2,1H3,(H,19,21). The van der Waals surface area contributed by atoms with Crippen molar-refractivity contribution in [1.82, 2.24) is 4.90 Å².